The van der Waals surface area contributed by atoms with Crippen LogP contribution < -0.4 is 5.32 Å². The second kappa shape index (κ2) is 6.15. The van der Waals surface area contributed by atoms with E-state index < -0.39 is 0 Å². The molecule has 0 radical (unpaired) electrons. The van der Waals surface area contributed by atoms with Crippen LogP contribution in [0.5, 0.6) is 0 Å². The number of nitrogens with zero attached hydrogens (tertiary/aromatic N) is 1. The van der Waals surface area contributed by atoms with Gasteiger partial charge in [0.05, 0.1) is 11.7 Å². The molecule has 0 spiro atoms. The summed E-state index contributed by atoms with van der Waals surface area (Å²) in [5.41, 5.74) is 2.17. The van der Waals surface area contributed by atoms with Gasteiger partial charge in [-0.15, -0.1) is 11.3 Å². The van der Waals surface area contributed by atoms with Crippen molar-refractivity contribution in [1.82, 2.24) is 10.3 Å². The van der Waals surface area contributed by atoms with Gasteiger partial charge in [-0.25, -0.2) is 9.37 Å². The van der Waals surface area contributed by atoms with E-state index in [2.05, 4.69) is 40.5 Å². The van der Waals surface area contributed by atoms with Crippen molar-refractivity contribution in [3.05, 3.63) is 50.1 Å². The zero-order valence-corrected chi connectivity index (χ0v) is 14.5. The van der Waals surface area contributed by atoms with Crippen molar-refractivity contribution >= 4 is 27.3 Å². The molecule has 0 aliphatic heterocycles. The third-order valence-electron chi connectivity index (χ3n) is 3.63. The lowest BCUT2D eigenvalue weighted by Gasteiger charge is -2.18. The van der Waals surface area contributed by atoms with E-state index in [0.29, 0.717) is 12.0 Å². The molecule has 1 aromatic carbocycles. The van der Waals surface area contributed by atoms with Gasteiger partial charge in [-0.3, -0.25) is 0 Å². The summed E-state index contributed by atoms with van der Waals surface area (Å²) in [6.07, 6.45) is 2.41. The maximum absolute atomic E-state index is 13.3. The number of rotatable bonds is 5. The first-order chi connectivity index (χ1) is 10.0. The lowest BCUT2D eigenvalue weighted by molar-refractivity contribution is 0.587. The van der Waals surface area contributed by atoms with Crippen LogP contribution in [-0.4, -0.2) is 11.0 Å². The van der Waals surface area contributed by atoms with Gasteiger partial charge in [0.2, 0.25) is 0 Å². The summed E-state index contributed by atoms with van der Waals surface area (Å²) in [6, 6.07) is 5.46. The van der Waals surface area contributed by atoms with Crippen LogP contribution in [0.15, 0.2) is 28.1 Å². The van der Waals surface area contributed by atoms with Gasteiger partial charge < -0.3 is 5.32 Å². The second-order valence-corrected chi connectivity index (χ2v) is 7.55. The summed E-state index contributed by atoms with van der Waals surface area (Å²) >= 11 is 5.16. The van der Waals surface area contributed by atoms with Crippen LogP contribution in [0.1, 0.15) is 54.9 Å². The van der Waals surface area contributed by atoms with Crippen molar-refractivity contribution in [2.24, 2.45) is 0 Å². The van der Waals surface area contributed by atoms with Gasteiger partial charge in [-0.1, -0.05) is 35.8 Å². The third-order valence-corrected chi connectivity index (χ3v) is 5.25. The molecule has 1 heterocycles. The topological polar surface area (TPSA) is 24.9 Å². The lowest BCUT2D eigenvalue weighted by atomic mass is 10.1. The highest BCUT2D eigenvalue weighted by Crippen LogP contribution is 2.35. The highest BCUT2D eigenvalue weighted by molar-refractivity contribution is 9.10. The van der Waals surface area contributed by atoms with Crippen LogP contribution in [-0.2, 0) is 0 Å². The molecule has 1 N–H and O–H groups in total. The number of hydrogen-bond acceptors (Lipinski definition) is 3. The average molecular weight is 369 g/mol. The Hall–Kier alpha value is -0.780. The summed E-state index contributed by atoms with van der Waals surface area (Å²) in [5.74, 6) is 0.200. The van der Waals surface area contributed by atoms with Gasteiger partial charge in [0.25, 0.3) is 0 Å². The van der Waals surface area contributed by atoms with Crippen LogP contribution in [0, 0.1) is 5.82 Å². The summed E-state index contributed by atoms with van der Waals surface area (Å²) in [5, 5.41) is 6.81. The van der Waals surface area contributed by atoms with E-state index >= 15 is 0 Å². The predicted molar refractivity (Wildman–Crippen MR) is 88.3 cm³/mol. The van der Waals surface area contributed by atoms with E-state index in [9.17, 15) is 4.39 Å². The molecule has 3 rings (SSSR count). The summed E-state index contributed by atoms with van der Waals surface area (Å²) in [4.78, 5) is 4.77. The molecule has 1 aliphatic carbocycles. The van der Waals surface area contributed by atoms with Crippen LogP contribution in [0.4, 0.5) is 4.39 Å². The SMILES string of the molecule is CC(C)c1csc(C(NC2CC2)c2ccc(F)cc2Br)n1. The highest BCUT2D eigenvalue weighted by Gasteiger charge is 2.29. The van der Waals surface area contributed by atoms with Crippen molar-refractivity contribution < 1.29 is 4.39 Å². The molecule has 1 unspecified atom stereocenters. The molecule has 1 aliphatic rings. The Morgan fingerprint density at radius 1 is 1.38 bits per heavy atom. The molecule has 2 nitrogen and oxygen atoms in total. The van der Waals surface area contributed by atoms with Crippen LogP contribution >= 0.6 is 27.3 Å². The van der Waals surface area contributed by atoms with Gasteiger partial charge in [0, 0.05) is 15.9 Å². The van der Waals surface area contributed by atoms with Crippen LogP contribution in [0.2, 0.25) is 0 Å². The molecular weight excluding hydrogens is 351 g/mol. The Morgan fingerprint density at radius 3 is 2.71 bits per heavy atom. The minimum Gasteiger partial charge on any atom is -0.301 e. The Labute approximate surface area is 136 Å². The molecule has 0 saturated heterocycles. The van der Waals surface area contributed by atoms with Crippen molar-refractivity contribution in [2.45, 2.75) is 44.7 Å². The highest BCUT2D eigenvalue weighted by atomic mass is 79.9. The van der Waals surface area contributed by atoms with Gasteiger partial charge >= 0.3 is 0 Å². The average Bonchev–Trinajstić information content (AvgIpc) is 3.11. The van der Waals surface area contributed by atoms with Crippen molar-refractivity contribution in [2.75, 3.05) is 0 Å². The summed E-state index contributed by atoms with van der Waals surface area (Å²) in [7, 11) is 0. The van der Waals surface area contributed by atoms with Crippen LogP contribution in [0.25, 0.3) is 0 Å². The predicted octanol–water partition coefficient (Wildman–Crippen LogP) is 5.01. The normalized spacial score (nSPS) is 16.4. The standard InChI is InChI=1S/C16H18BrFN2S/c1-9(2)14-8-21-16(20-14)15(19-11-4-5-11)12-6-3-10(18)7-13(12)17/h3,6-9,11,15,19H,4-5H2,1-2H3. The Bertz CT molecular complexity index is 637. The largest absolute Gasteiger partial charge is 0.301 e. The second-order valence-electron chi connectivity index (χ2n) is 5.81. The molecule has 1 aromatic heterocycles. The van der Waals surface area contributed by atoms with Gasteiger partial charge in [-0.05, 0) is 36.5 Å². The zero-order chi connectivity index (χ0) is 15.0. The van der Waals surface area contributed by atoms with E-state index in [0.717, 1.165) is 20.7 Å². The molecule has 112 valence electrons. The van der Waals surface area contributed by atoms with Gasteiger partial charge in [-0.2, -0.15) is 0 Å². The number of benzene rings is 1. The maximum Gasteiger partial charge on any atom is 0.124 e. The van der Waals surface area contributed by atoms with Crippen molar-refractivity contribution in [3.63, 3.8) is 0 Å². The number of nitrogens with one attached hydrogen (secondary N) is 1. The minimum absolute atomic E-state index is 0.0324. The number of aromatic nitrogens is 1. The molecule has 1 saturated carbocycles. The Balaban J connectivity index is 1.95. The third kappa shape index (κ3) is 3.52. The number of halogens is 2. The molecule has 2 aromatic rings. The molecular formula is C16H18BrFN2S. The Morgan fingerprint density at radius 2 is 2.14 bits per heavy atom. The quantitative estimate of drug-likeness (QED) is 0.802. The number of hydrogen-bond donors (Lipinski definition) is 1. The lowest BCUT2D eigenvalue weighted by Crippen LogP contribution is -2.24. The van der Waals surface area contributed by atoms with E-state index in [1.165, 1.54) is 25.0 Å². The summed E-state index contributed by atoms with van der Waals surface area (Å²) in [6.45, 7) is 4.30. The van der Waals surface area contributed by atoms with E-state index in [1.54, 1.807) is 11.3 Å². The first-order valence-corrected chi connectivity index (χ1v) is 8.88. The fourth-order valence-electron chi connectivity index (χ4n) is 2.21. The fourth-order valence-corrected chi connectivity index (χ4v) is 3.85. The Kier molecular flexibility index (Phi) is 4.43. The molecule has 5 heteroatoms. The van der Waals surface area contributed by atoms with Gasteiger partial charge in [0.1, 0.15) is 10.8 Å². The van der Waals surface area contributed by atoms with Crippen molar-refractivity contribution in [1.29, 1.82) is 0 Å². The molecule has 0 bridgehead atoms. The minimum atomic E-state index is -0.224. The molecule has 1 fully saturated rings. The molecule has 1 atom stereocenters. The molecule has 0 amide bonds. The van der Waals surface area contributed by atoms with Crippen LogP contribution in [0.3, 0.4) is 0 Å². The first kappa shape index (κ1) is 15.1. The zero-order valence-electron chi connectivity index (χ0n) is 12.1. The first-order valence-electron chi connectivity index (χ1n) is 7.21. The van der Waals surface area contributed by atoms with Crippen molar-refractivity contribution in [3.8, 4) is 0 Å². The maximum atomic E-state index is 13.3. The van der Waals surface area contributed by atoms with E-state index in [1.807, 2.05) is 6.07 Å². The summed E-state index contributed by atoms with van der Waals surface area (Å²) < 4.78 is 14.1. The number of thiazole rings is 1. The van der Waals surface area contributed by atoms with E-state index in [4.69, 9.17) is 4.98 Å². The smallest absolute Gasteiger partial charge is 0.124 e. The monoisotopic (exact) mass is 368 g/mol. The molecule has 21 heavy (non-hydrogen) atoms. The van der Waals surface area contributed by atoms with Gasteiger partial charge in [0.15, 0.2) is 0 Å². The van der Waals surface area contributed by atoms with E-state index in [-0.39, 0.29) is 11.9 Å². The fraction of sp³-hybridized carbons (Fsp3) is 0.438.